The van der Waals surface area contributed by atoms with Crippen molar-refractivity contribution in [3.63, 3.8) is 0 Å². The van der Waals surface area contributed by atoms with Crippen LogP contribution in [0.5, 0.6) is 0 Å². The molecule has 0 saturated carbocycles. The molecular formula is C15H15ClN2O4S. The zero-order chi connectivity index (χ0) is 16.6. The van der Waals surface area contributed by atoms with E-state index < -0.39 is 9.84 Å². The van der Waals surface area contributed by atoms with Crippen LogP contribution in [0.2, 0.25) is 5.02 Å². The molecule has 1 saturated heterocycles. The van der Waals surface area contributed by atoms with Gasteiger partial charge in [-0.1, -0.05) is 28.9 Å². The molecule has 2 heterocycles. The minimum Gasteiger partial charge on any atom is -0.360 e. The molecule has 0 bridgehead atoms. The molecule has 1 unspecified atom stereocenters. The molecule has 1 fully saturated rings. The molecule has 1 N–H and O–H groups in total. The predicted octanol–water partition coefficient (Wildman–Crippen LogP) is 2.22. The van der Waals surface area contributed by atoms with Crippen molar-refractivity contribution in [3.05, 3.63) is 40.6 Å². The molecule has 122 valence electrons. The fourth-order valence-corrected chi connectivity index (χ4v) is 4.41. The van der Waals surface area contributed by atoms with Crippen LogP contribution in [0.15, 0.2) is 28.8 Å². The number of halogens is 1. The van der Waals surface area contributed by atoms with Crippen molar-refractivity contribution in [1.82, 2.24) is 10.5 Å². The zero-order valence-electron chi connectivity index (χ0n) is 12.4. The molecule has 0 aliphatic carbocycles. The molecule has 1 aromatic carbocycles. The maximum atomic E-state index is 12.5. The third-order valence-electron chi connectivity index (χ3n) is 3.78. The summed E-state index contributed by atoms with van der Waals surface area (Å²) in [4.78, 5) is 12.5. The van der Waals surface area contributed by atoms with Gasteiger partial charge >= 0.3 is 0 Å². The lowest BCUT2D eigenvalue weighted by Gasteiger charge is -2.11. The molecular weight excluding hydrogens is 340 g/mol. The summed E-state index contributed by atoms with van der Waals surface area (Å²) in [5.41, 5.74) is 1.43. The van der Waals surface area contributed by atoms with E-state index in [9.17, 15) is 13.2 Å². The Balaban J connectivity index is 1.86. The summed E-state index contributed by atoms with van der Waals surface area (Å²) >= 11 is 5.87. The zero-order valence-corrected chi connectivity index (χ0v) is 13.9. The van der Waals surface area contributed by atoms with E-state index in [0.717, 1.165) is 0 Å². The van der Waals surface area contributed by atoms with Gasteiger partial charge in [0, 0.05) is 16.6 Å². The van der Waals surface area contributed by atoms with Crippen LogP contribution in [0.4, 0.5) is 0 Å². The lowest BCUT2D eigenvalue weighted by molar-refractivity contribution is 0.0940. The van der Waals surface area contributed by atoms with Crippen LogP contribution in [0.25, 0.3) is 11.3 Å². The second-order valence-corrected chi connectivity index (χ2v) is 8.21. The van der Waals surface area contributed by atoms with E-state index >= 15 is 0 Å². The van der Waals surface area contributed by atoms with Gasteiger partial charge in [-0.15, -0.1) is 0 Å². The highest BCUT2D eigenvalue weighted by Gasteiger charge is 2.31. The highest BCUT2D eigenvalue weighted by molar-refractivity contribution is 7.91. The van der Waals surface area contributed by atoms with Crippen LogP contribution in [0.1, 0.15) is 22.5 Å². The molecule has 8 heteroatoms. The standard InChI is InChI=1S/C15H15ClN2O4S/c1-9-13(15(19)17-12-6-7-23(20,21)8-12)14(18-22-9)10-2-4-11(16)5-3-10/h2-5,12H,6-8H2,1H3,(H,17,19). The smallest absolute Gasteiger partial charge is 0.257 e. The molecule has 2 aromatic rings. The van der Waals surface area contributed by atoms with Crippen LogP contribution < -0.4 is 5.32 Å². The number of sulfone groups is 1. The van der Waals surface area contributed by atoms with Gasteiger partial charge in [-0.05, 0) is 25.5 Å². The Kier molecular flexibility index (Phi) is 4.16. The van der Waals surface area contributed by atoms with E-state index in [1.807, 2.05) is 0 Å². The molecule has 0 spiro atoms. The fourth-order valence-electron chi connectivity index (χ4n) is 2.61. The fraction of sp³-hybridized carbons (Fsp3) is 0.333. The minimum absolute atomic E-state index is 0.0284. The second-order valence-electron chi connectivity index (χ2n) is 5.54. The van der Waals surface area contributed by atoms with E-state index in [-0.39, 0.29) is 23.5 Å². The normalized spacial score (nSPS) is 19.7. The van der Waals surface area contributed by atoms with Gasteiger partial charge in [-0.3, -0.25) is 4.79 Å². The van der Waals surface area contributed by atoms with Crippen LogP contribution in [0.3, 0.4) is 0 Å². The van der Waals surface area contributed by atoms with Gasteiger partial charge in [0.1, 0.15) is 17.0 Å². The number of carbonyl (C=O) groups excluding carboxylic acids is 1. The number of aryl methyl sites for hydroxylation is 1. The summed E-state index contributed by atoms with van der Waals surface area (Å²) in [7, 11) is -3.06. The minimum atomic E-state index is -3.06. The average Bonchev–Trinajstić information content (AvgIpc) is 3.02. The molecule has 1 aliphatic heterocycles. The Morgan fingerprint density at radius 3 is 2.65 bits per heavy atom. The predicted molar refractivity (Wildman–Crippen MR) is 86.2 cm³/mol. The van der Waals surface area contributed by atoms with Gasteiger partial charge in [0.25, 0.3) is 5.91 Å². The number of amides is 1. The summed E-state index contributed by atoms with van der Waals surface area (Å²) in [6.45, 7) is 1.65. The Labute approximate surface area is 138 Å². The molecule has 1 aromatic heterocycles. The second kappa shape index (κ2) is 5.98. The number of aromatic nitrogens is 1. The highest BCUT2D eigenvalue weighted by atomic mass is 35.5. The van der Waals surface area contributed by atoms with Crippen molar-refractivity contribution in [2.75, 3.05) is 11.5 Å². The van der Waals surface area contributed by atoms with E-state index in [2.05, 4.69) is 10.5 Å². The monoisotopic (exact) mass is 354 g/mol. The van der Waals surface area contributed by atoms with E-state index in [1.54, 1.807) is 31.2 Å². The molecule has 0 radical (unpaired) electrons. The van der Waals surface area contributed by atoms with Gasteiger partial charge in [0.15, 0.2) is 9.84 Å². The maximum Gasteiger partial charge on any atom is 0.257 e. The maximum absolute atomic E-state index is 12.5. The molecule has 3 rings (SSSR count). The van der Waals surface area contributed by atoms with Gasteiger partial charge in [-0.2, -0.15) is 0 Å². The van der Waals surface area contributed by atoms with Crippen molar-refractivity contribution in [2.24, 2.45) is 0 Å². The van der Waals surface area contributed by atoms with Gasteiger partial charge in [0.05, 0.1) is 11.5 Å². The van der Waals surface area contributed by atoms with Crippen LogP contribution in [-0.2, 0) is 9.84 Å². The number of benzene rings is 1. The van der Waals surface area contributed by atoms with Crippen molar-refractivity contribution >= 4 is 27.3 Å². The number of carbonyl (C=O) groups is 1. The first-order valence-electron chi connectivity index (χ1n) is 7.09. The van der Waals surface area contributed by atoms with E-state index in [0.29, 0.717) is 34.0 Å². The summed E-state index contributed by atoms with van der Waals surface area (Å²) in [6, 6.07) is 6.52. The Hall–Kier alpha value is -1.86. The lowest BCUT2D eigenvalue weighted by atomic mass is 10.1. The van der Waals surface area contributed by atoms with Gasteiger partial charge < -0.3 is 9.84 Å². The highest BCUT2D eigenvalue weighted by Crippen LogP contribution is 2.26. The topological polar surface area (TPSA) is 89.3 Å². The molecule has 1 atom stereocenters. The van der Waals surface area contributed by atoms with Gasteiger partial charge in [0.2, 0.25) is 0 Å². The molecule has 1 amide bonds. The quantitative estimate of drug-likeness (QED) is 0.912. The summed E-state index contributed by atoms with van der Waals surface area (Å²) in [5.74, 6) is 0.0772. The largest absolute Gasteiger partial charge is 0.360 e. The number of nitrogens with one attached hydrogen (secondary N) is 1. The number of nitrogens with zero attached hydrogens (tertiary/aromatic N) is 1. The Morgan fingerprint density at radius 1 is 1.35 bits per heavy atom. The molecule has 23 heavy (non-hydrogen) atoms. The number of hydrogen-bond donors (Lipinski definition) is 1. The Bertz CT molecular complexity index is 843. The lowest BCUT2D eigenvalue weighted by Crippen LogP contribution is -2.36. The van der Waals surface area contributed by atoms with Crippen LogP contribution >= 0.6 is 11.6 Å². The first-order valence-corrected chi connectivity index (χ1v) is 9.29. The van der Waals surface area contributed by atoms with E-state index in [4.69, 9.17) is 16.1 Å². The van der Waals surface area contributed by atoms with E-state index in [1.165, 1.54) is 0 Å². The average molecular weight is 355 g/mol. The first-order chi connectivity index (χ1) is 10.9. The van der Waals surface area contributed by atoms with Crippen LogP contribution in [0, 0.1) is 6.92 Å². The first kappa shape index (κ1) is 16.0. The Morgan fingerprint density at radius 2 is 2.04 bits per heavy atom. The van der Waals surface area contributed by atoms with Crippen molar-refractivity contribution in [3.8, 4) is 11.3 Å². The summed E-state index contributed by atoms with van der Waals surface area (Å²) in [6.07, 6.45) is 0.425. The molecule has 1 aliphatic rings. The third kappa shape index (κ3) is 3.40. The summed E-state index contributed by atoms with van der Waals surface area (Å²) < 4.78 is 28.1. The van der Waals surface area contributed by atoms with Crippen molar-refractivity contribution in [2.45, 2.75) is 19.4 Å². The molecule has 6 nitrogen and oxygen atoms in total. The van der Waals surface area contributed by atoms with Crippen molar-refractivity contribution < 1.29 is 17.7 Å². The number of hydrogen-bond acceptors (Lipinski definition) is 5. The van der Waals surface area contributed by atoms with Crippen molar-refractivity contribution in [1.29, 1.82) is 0 Å². The SMILES string of the molecule is Cc1onc(-c2ccc(Cl)cc2)c1C(=O)NC1CCS(=O)(=O)C1. The summed E-state index contributed by atoms with van der Waals surface area (Å²) in [5, 5.41) is 7.28. The third-order valence-corrected chi connectivity index (χ3v) is 5.80. The van der Waals surface area contributed by atoms with Crippen LogP contribution in [-0.4, -0.2) is 37.0 Å². The van der Waals surface area contributed by atoms with Gasteiger partial charge in [-0.25, -0.2) is 8.42 Å². The number of rotatable bonds is 3.